The number of ether oxygens (including phenoxy) is 1. The van der Waals surface area contributed by atoms with Crippen LogP contribution in [0.4, 0.5) is 8.78 Å². The van der Waals surface area contributed by atoms with Crippen LogP contribution in [0.5, 0.6) is 5.75 Å². The van der Waals surface area contributed by atoms with E-state index in [1.807, 2.05) is 25.1 Å². The Morgan fingerprint density at radius 3 is 2.55 bits per heavy atom. The molecule has 0 unspecified atom stereocenters. The highest BCUT2D eigenvalue weighted by atomic mass is 19.2. The number of nitrogens with zero attached hydrogens (tertiary/aromatic N) is 1. The van der Waals surface area contributed by atoms with E-state index in [4.69, 9.17) is 9.26 Å². The van der Waals surface area contributed by atoms with E-state index in [9.17, 15) is 8.78 Å². The second-order valence-corrected chi connectivity index (χ2v) is 4.85. The Kier molecular flexibility index (Phi) is 3.87. The van der Waals surface area contributed by atoms with E-state index in [0.717, 1.165) is 23.1 Å². The fourth-order valence-electron chi connectivity index (χ4n) is 2.05. The van der Waals surface area contributed by atoms with Crippen molar-refractivity contribution in [2.24, 2.45) is 0 Å². The Balaban J connectivity index is 1.70. The van der Waals surface area contributed by atoms with Crippen LogP contribution in [-0.4, -0.2) is 5.16 Å². The maximum atomic E-state index is 13.5. The molecule has 0 amide bonds. The van der Waals surface area contributed by atoms with Crippen LogP contribution in [-0.2, 0) is 6.61 Å². The second-order valence-electron chi connectivity index (χ2n) is 4.85. The fourth-order valence-corrected chi connectivity index (χ4v) is 2.05. The zero-order valence-electron chi connectivity index (χ0n) is 11.8. The molecule has 22 heavy (non-hydrogen) atoms. The van der Waals surface area contributed by atoms with Gasteiger partial charge in [0.05, 0.1) is 0 Å². The molecule has 0 atom stereocenters. The van der Waals surface area contributed by atoms with E-state index >= 15 is 0 Å². The van der Waals surface area contributed by atoms with Crippen LogP contribution in [0.1, 0.15) is 11.3 Å². The number of aromatic nitrogens is 1. The molecule has 5 heteroatoms. The zero-order valence-corrected chi connectivity index (χ0v) is 11.8. The Bertz CT molecular complexity index is 782. The Morgan fingerprint density at radius 2 is 1.86 bits per heavy atom. The fraction of sp³-hybridized carbons (Fsp3) is 0.118. The molecule has 1 aromatic heterocycles. The SMILES string of the molecule is Cc1cc(-c2ccc(OCc3cccc(F)c3F)cc2)no1. The van der Waals surface area contributed by atoms with Crippen molar-refractivity contribution in [3.8, 4) is 17.0 Å². The van der Waals surface area contributed by atoms with E-state index in [1.165, 1.54) is 12.1 Å². The molecule has 0 aliphatic rings. The van der Waals surface area contributed by atoms with Crippen molar-refractivity contribution in [3.63, 3.8) is 0 Å². The minimum absolute atomic E-state index is 0.0357. The van der Waals surface area contributed by atoms with Gasteiger partial charge in [-0.25, -0.2) is 8.78 Å². The molecule has 0 radical (unpaired) electrons. The summed E-state index contributed by atoms with van der Waals surface area (Å²) in [5.41, 5.74) is 1.80. The monoisotopic (exact) mass is 301 g/mol. The van der Waals surface area contributed by atoms with Crippen molar-refractivity contribution in [1.29, 1.82) is 0 Å². The number of aryl methyl sites for hydroxylation is 1. The third kappa shape index (κ3) is 2.98. The molecule has 0 spiro atoms. The van der Waals surface area contributed by atoms with Gasteiger partial charge in [-0.3, -0.25) is 0 Å². The molecule has 0 bridgehead atoms. The van der Waals surface area contributed by atoms with Crippen molar-refractivity contribution in [1.82, 2.24) is 5.16 Å². The van der Waals surface area contributed by atoms with Crippen LogP contribution in [0.25, 0.3) is 11.3 Å². The molecule has 3 nitrogen and oxygen atoms in total. The molecule has 0 N–H and O–H groups in total. The molecule has 112 valence electrons. The molecule has 1 heterocycles. The maximum Gasteiger partial charge on any atom is 0.165 e. The number of rotatable bonds is 4. The van der Waals surface area contributed by atoms with Crippen molar-refractivity contribution in [3.05, 3.63) is 71.5 Å². The van der Waals surface area contributed by atoms with E-state index in [-0.39, 0.29) is 12.2 Å². The van der Waals surface area contributed by atoms with Gasteiger partial charge in [-0.15, -0.1) is 0 Å². The molecule has 0 aliphatic carbocycles. The van der Waals surface area contributed by atoms with Crippen LogP contribution in [0.15, 0.2) is 53.1 Å². The summed E-state index contributed by atoms with van der Waals surface area (Å²) in [5, 5.41) is 3.92. The molecule has 3 aromatic rings. The van der Waals surface area contributed by atoms with Crippen molar-refractivity contribution in [2.75, 3.05) is 0 Å². The summed E-state index contributed by atoms with van der Waals surface area (Å²) in [7, 11) is 0. The van der Waals surface area contributed by atoms with Gasteiger partial charge in [0.2, 0.25) is 0 Å². The largest absolute Gasteiger partial charge is 0.489 e. The number of halogens is 2. The number of benzene rings is 2. The van der Waals surface area contributed by atoms with Gasteiger partial charge in [0, 0.05) is 17.2 Å². The predicted molar refractivity (Wildman–Crippen MR) is 77.4 cm³/mol. The molecular weight excluding hydrogens is 288 g/mol. The van der Waals surface area contributed by atoms with Crippen molar-refractivity contribution in [2.45, 2.75) is 13.5 Å². The summed E-state index contributed by atoms with van der Waals surface area (Å²) in [6, 6.07) is 13.0. The maximum absolute atomic E-state index is 13.5. The van der Waals surface area contributed by atoms with Gasteiger partial charge in [0.1, 0.15) is 23.8 Å². The van der Waals surface area contributed by atoms with Crippen LogP contribution in [0, 0.1) is 18.6 Å². The molecule has 0 saturated heterocycles. The van der Waals surface area contributed by atoms with Gasteiger partial charge < -0.3 is 9.26 Å². The van der Waals surface area contributed by atoms with Gasteiger partial charge in [-0.1, -0.05) is 17.3 Å². The quantitative estimate of drug-likeness (QED) is 0.711. The summed E-state index contributed by atoms with van der Waals surface area (Å²) in [6.07, 6.45) is 0. The Hall–Kier alpha value is -2.69. The lowest BCUT2D eigenvalue weighted by Gasteiger charge is -2.08. The lowest BCUT2D eigenvalue weighted by molar-refractivity contribution is 0.297. The van der Waals surface area contributed by atoms with Gasteiger partial charge in [-0.2, -0.15) is 0 Å². The summed E-state index contributed by atoms with van der Waals surface area (Å²) in [5.74, 6) is -0.459. The number of hydrogen-bond donors (Lipinski definition) is 0. The second kappa shape index (κ2) is 5.97. The van der Waals surface area contributed by atoms with Crippen LogP contribution < -0.4 is 4.74 Å². The van der Waals surface area contributed by atoms with E-state index in [2.05, 4.69) is 5.16 Å². The van der Waals surface area contributed by atoms with E-state index in [1.54, 1.807) is 12.1 Å². The third-order valence-corrected chi connectivity index (χ3v) is 3.20. The first-order valence-electron chi connectivity index (χ1n) is 6.73. The van der Waals surface area contributed by atoms with Gasteiger partial charge in [0.15, 0.2) is 11.6 Å². The highest BCUT2D eigenvalue weighted by molar-refractivity contribution is 5.59. The Labute approximate surface area is 126 Å². The van der Waals surface area contributed by atoms with Crippen molar-refractivity contribution < 1.29 is 18.0 Å². The summed E-state index contributed by atoms with van der Waals surface area (Å²) in [4.78, 5) is 0. The predicted octanol–water partition coefficient (Wildman–Crippen LogP) is 4.51. The highest BCUT2D eigenvalue weighted by Crippen LogP contribution is 2.23. The summed E-state index contributed by atoms with van der Waals surface area (Å²) < 4.78 is 37.1. The summed E-state index contributed by atoms with van der Waals surface area (Å²) in [6.45, 7) is 1.79. The van der Waals surface area contributed by atoms with Crippen LogP contribution in [0.3, 0.4) is 0 Å². The van der Waals surface area contributed by atoms with E-state index < -0.39 is 11.6 Å². The first kappa shape index (κ1) is 14.3. The van der Waals surface area contributed by atoms with Crippen LogP contribution in [0.2, 0.25) is 0 Å². The van der Waals surface area contributed by atoms with Gasteiger partial charge >= 0.3 is 0 Å². The average Bonchev–Trinajstić information content (AvgIpc) is 2.96. The lowest BCUT2D eigenvalue weighted by atomic mass is 10.1. The third-order valence-electron chi connectivity index (χ3n) is 3.20. The topological polar surface area (TPSA) is 35.3 Å². The van der Waals surface area contributed by atoms with E-state index in [0.29, 0.717) is 5.75 Å². The average molecular weight is 301 g/mol. The molecule has 0 saturated carbocycles. The summed E-state index contributed by atoms with van der Waals surface area (Å²) >= 11 is 0. The first-order chi connectivity index (χ1) is 10.6. The van der Waals surface area contributed by atoms with Gasteiger partial charge in [0.25, 0.3) is 0 Å². The molecule has 3 rings (SSSR count). The minimum Gasteiger partial charge on any atom is -0.489 e. The minimum atomic E-state index is -0.878. The molecule has 2 aromatic carbocycles. The highest BCUT2D eigenvalue weighted by Gasteiger charge is 2.08. The number of hydrogen-bond acceptors (Lipinski definition) is 3. The first-order valence-corrected chi connectivity index (χ1v) is 6.73. The van der Waals surface area contributed by atoms with Crippen molar-refractivity contribution >= 4 is 0 Å². The van der Waals surface area contributed by atoms with Crippen LogP contribution >= 0.6 is 0 Å². The smallest absolute Gasteiger partial charge is 0.165 e. The Morgan fingerprint density at radius 1 is 1.09 bits per heavy atom. The molecule has 0 aliphatic heterocycles. The standard InChI is InChI=1S/C17H13F2NO2/c1-11-9-16(20-22-11)12-5-7-14(8-6-12)21-10-13-3-2-4-15(18)17(13)19/h2-9H,10H2,1H3. The molecule has 0 fully saturated rings. The van der Waals surface area contributed by atoms with Gasteiger partial charge in [-0.05, 0) is 37.3 Å². The molecular formula is C17H13F2NO2. The lowest BCUT2D eigenvalue weighted by Crippen LogP contribution is -2.00. The zero-order chi connectivity index (χ0) is 15.5. The normalized spacial score (nSPS) is 10.7.